The fourth-order valence-corrected chi connectivity index (χ4v) is 2.83. The smallest absolute Gasteiger partial charge is 0.355 e. The molecule has 24 heavy (non-hydrogen) atoms. The number of carboxylic acids is 1. The summed E-state index contributed by atoms with van der Waals surface area (Å²) < 4.78 is 27.8. The molecule has 0 saturated heterocycles. The van der Waals surface area contributed by atoms with Crippen LogP contribution in [0.5, 0.6) is 0 Å². The lowest BCUT2D eigenvalue weighted by atomic mass is 10.1. The molecule has 0 spiro atoms. The maximum absolute atomic E-state index is 13.4. The lowest BCUT2D eigenvalue weighted by Gasteiger charge is -1.99. The summed E-state index contributed by atoms with van der Waals surface area (Å²) in [4.78, 5) is 14.9. The summed E-state index contributed by atoms with van der Waals surface area (Å²) >= 11 is 1.05. The molecule has 1 aromatic carbocycles. The Morgan fingerprint density at radius 2 is 2.12 bits per heavy atom. The number of hydrogen-bond donors (Lipinski definition) is 1. The molecule has 1 N–H and O–H groups in total. The van der Waals surface area contributed by atoms with Gasteiger partial charge in [-0.1, -0.05) is 0 Å². The Labute approximate surface area is 138 Å². The van der Waals surface area contributed by atoms with Crippen LogP contribution in [0.25, 0.3) is 16.4 Å². The topological polar surface area (TPSA) is 91.8 Å². The minimum Gasteiger partial charge on any atom is -0.476 e. The van der Waals surface area contributed by atoms with Crippen molar-refractivity contribution < 1.29 is 18.7 Å². The van der Waals surface area contributed by atoms with E-state index < -0.39 is 17.6 Å². The third kappa shape index (κ3) is 2.87. The van der Waals surface area contributed by atoms with Gasteiger partial charge >= 0.3 is 5.97 Å². The number of aromatic carboxylic acids is 1. The monoisotopic (exact) mass is 346 g/mol. The van der Waals surface area contributed by atoms with Gasteiger partial charge in [-0.25, -0.2) is 23.2 Å². The molecule has 2 aromatic heterocycles. The highest BCUT2D eigenvalue weighted by Gasteiger charge is 2.16. The van der Waals surface area contributed by atoms with Crippen LogP contribution in [-0.2, 0) is 6.42 Å². The fraction of sp³-hybridized carbons (Fsp3) is 0.0667. The van der Waals surface area contributed by atoms with Crippen LogP contribution in [0.15, 0.2) is 29.6 Å². The highest BCUT2D eigenvalue weighted by molar-refractivity contribution is 7.12. The van der Waals surface area contributed by atoms with Crippen LogP contribution in [0, 0.1) is 23.0 Å². The molecule has 3 aromatic rings. The van der Waals surface area contributed by atoms with Crippen molar-refractivity contribution in [3.8, 4) is 22.5 Å². The number of hydrogen-bond acceptors (Lipinski definition) is 5. The molecule has 0 atom stereocenters. The Morgan fingerprint density at radius 3 is 2.75 bits per heavy atom. The molecule has 0 bridgehead atoms. The highest BCUT2D eigenvalue weighted by Crippen LogP contribution is 2.25. The minimum absolute atomic E-state index is 0.00133. The van der Waals surface area contributed by atoms with Crippen LogP contribution in [0.1, 0.15) is 16.2 Å². The second-order valence-corrected chi connectivity index (χ2v) is 5.55. The summed E-state index contributed by atoms with van der Waals surface area (Å²) in [5.41, 5.74) is 0.986. The summed E-state index contributed by atoms with van der Waals surface area (Å²) in [5.74, 6) is -3.15. The van der Waals surface area contributed by atoms with Gasteiger partial charge in [-0.15, -0.1) is 11.3 Å². The van der Waals surface area contributed by atoms with E-state index in [0.717, 1.165) is 23.5 Å². The number of halogens is 2. The van der Waals surface area contributed by atoms with E-state index in [4.69, 9.17) is 10.4 Å². The Morgan fingerprint density at radius 1 is 1.33 bits per heavy atom. The number of rotatable bonds is 4. The molecule has 3 rings (SSSR count). The molecule has 0 unspecified atom stereocenters. The molecule has 0 radical (unpaired) electrons. The second-order valence-electron chi connectivity index (χ2n) is 4.72. The molecule has 0 aliphatic heterocycles. The van der Waals surface area contributed by atoms with Crippen LogP contribution in [-0.4, -0.2) is 25.8 Å². The summed E-state index contributed by atoms with van der Waals surface area (Å²) in [5, 5.41) is 23.7. The average Bonchev–Trinajstić information content (AvgIpc) is 3.17. The Kier molecular flexibility index (Phi) is 4.05. The molecule has 0 saturated carbocycles. The summed E-state index contributed by atoms with van der Waals surface area (Å²) in [6, 6.07) is 6.88. The molecular weight excluding hydrogens is 338 g/mol. The Hall–Kier alpha value is -3.12. The standard InChI is InChI=1S/C15H8F2N4O2S/c16-10-2-1-8(5-11(10)17)12-6-9(3-4-18)21(20-12)15-19-13(7-24-15)14(22)23/h1-2,5-7H,3H2,(H,22,23). The first-order valence-corrected chi connectivity index (χ1v) is 7.48. The van der Waals surface area contributed by atoms with Crippen molar-refractivity contribution in [1.82, 2.24) is 14.8 Å². The van der Waals surface area contributed by atoms with E-state index in [-0.39, 0.29) is 17.2 Å². The molecule has 0 fully saturated rings. The predicted octanol–water partition coefficient (Wildman–Crippen LogP) is 3.04. The molecule has 0 amide bonds. The van der Waals surface area contributed by atoms with E-state index in [1.165, 1.54) is 16.1 Å². The van der Waals surface area contributed by atoms with Gasteiger partial charge in [0.15, 0.2) is 17.3 Å². The van der Waals surface area contributed by atoms with Gasteiger partial charge in [0.1, 0.15) is 0 Å². The second kappa shape index (κ2) is 6.17. The highest BCUT2D eigenvalue weighted by atomic mass is 32.1. The summed E-state index contributed by atoms with van der Waals surface area (Å²) in [6.45, 7) is 0. The van der Waals surface area contributed by atoms with Crippen LogP contribution >= 0.6 is 11.3 Å². The summed E-state index contributed by atoms with van der Waals surface area (Å²) in [7, 11) is 0. The van der Waals surface area contributed by atoms with Crippen LogP contribution in [0.2, 0.25) is 0 Å². The van der Waals surface area contributed by atoms with Gasteiger partial charge < -0.3 is 5.11 Å². The van der Waals surface area contributed by atoms with E-state index in [1.54, 1.807) is 6.07 Å². The minimum atomic E-state index is -1.17. The molecule has 0 aliphatic rings. The van der Waals surface area contributed by atoms with Gasteiger partial charge in [0.2, 0.25) is 5.13 Å². The van der Waals surface area contributed by atoms with Gasteiger partial charge in [-0.3, -0.25) is 0 Å². The van der Waals surface area contributed by atoms with E-state index in [9.17, 15) is 13.6 Å². The molecular formula is C15H8F2N4O2S. The fourth-order valence-electron chi connectivity index (χ4n) is 2.05. The first-order chi connectivity index (χ1) is 11.5. The zero-order chi connectivity index (χ0) is 17.3. The van der Waals surface area contributed by atoms with E-state index in [0.29, 0.717) is 17.0 Å². The van der Waals surface area contributed by atoms with Gasteiger partial charge in [-0.05, 0) is 24.3 Å². The molecule has 6 nitrogen and oxygen atoms in total. The normalized spacial score (nSPS) is 10.5. The lowest BCUT2D eigenvalue weighted by Crippen LogP contribution is -2.03. The van der Waals surface area contributed by atoms with Crippen molar-refractivity contribution in [1.29, 1.82) is 5.26 Å². The van der Waals surface area contributed by atoms with Crippen molar-refractivity contribution in [3.63, 3.8) is 0 Å². The van der Waals surface area contributed by atoms with E-state index in [1.807, 2.05) is 6.07 Å². The van der Waals surface area contributed by atoms with Crippen LogP contribution in [0.4, 0.5) is 8.78 Å². The number of nitriles is 1. The third-order valence-electron chi connectivity index (χ3n) is 3.15. The van der Waals surface area contributed by atoms with Crippen LogP contribution in [0.3, 0.4) is 0 Å². The number of aromatic nitrogens is 3. The first-order valence-electron chi connectivity index (χ1n) is 6.60. The largest absolute Gasteiger partial charge is 0.476 e. The molecule has 0 aliphatic carbocycles. The molecule has 9 heteroatoms. The van der Waals surface area contributed by atoms with Crippen molar-refractivity contribution in [3.05, 3.63) is 52.7 Å². The van der Waals surface area contributed by atoms with Crippen molar-refractivity contribution >= 4 is 17.3 Å². The SMILES string of the molecule is N#CCc1cc(-c2ccc(F)c(F)c2)nn1-c1nc(C(=O)O)cs1. The molecule has 2 heterocycles. The summed E-state index contributed by atoms with van der Waals surface area (Å²) in [6.07, 6.45) is -0.00133. The van der Waals surface area contributed by atoms with Gasteiger partial charge in [0, 0.05) is 10.9 Å². The number of thiazole rings is 1. The maximum Gasteiger partial charge on any atom is 0.355 e. The maximum atomic E-state index is 13.4. The zero-order valence-corrected chi connectivity index (χ0v) is 12.7. The van der Waals surface area contributed by atoms with Crippen LogP contribution < -0.4 is 0 Å². The molecule has 120 valence electrons. The lowest BCUT2D eigenvalue weighted by molar-refractivity contribution is 0.0691. The quantitative estimate of drug-likeness (QED) is 0.784. The van der Waals surface area contributed by atoms with Gasteiger partial charge in [0.05, 0.1) is 23.9 Å². The van der Waals surface area contributed by atoms with Gasteiger partial charge in [0.25, 0.3) is 0 Å². The number of benzene rings is 1. The average molecular weight is 346 g/mol. The van der Waals surface area contributed by atoms with Gasteiger partial charge in [-0.2, -0.15) is 10.4 Å². The first kappa shape index (κ1) is 15.8. The Balaban J connectivity index is 2.08. The zero-order valence-electron chi connectivity index (χ0n) is 11.9. The number of nitrogens with zero attached hydrogens (tertiary/aromatic N) is 4. The predicted molar refractivity (Wildman–Crippen MR) is 80.9 cm³/mol. The van der Waals surface area contributed by atoms with Crippen molar-refractivity contribution in [2.45, 2.75) is 6.42 Å². The Bertz CT molecular complexity index is 974. The number of carboxylic acid groups (broad SMARTS) is 1. The van der Waals surface area contributed by atoms with E-state index in [2.05, 4.69) is 10.1 Å². The van der Waals surface area contributed by atoms with Crippen molar-refractivity contribution in [2.75, 3.05) is 0 Å². The third-order valence-corrected chi connectivity index (χ3v) is 3.97. The number of carbonyl (C=O) groups is 1. The van der Waals surface area contributed by atoms with Crippen molar-refractivity contribution in [2.24, 2.45) is 0 Å². The van der Waals surface area contributed by atoms with E-state index >= 15 is 0 Å².